The van der Waals surface area contributed by atoms with E-state index in [0.717, 1.165) is 11.1 Å². The summed E-state index contributed by atoms with van der Waals surface area (Å²) in [7, 11) is 0. The van der Waals surface area contributed by atoms with Crippen molar-refractivity contribution in [2.24, 2.45) is 0 Å². The van der Waals surface area contributed by atoms with Gasteiger partial charge >= 0.3 is 12.1 Å². The number of ether oxygens (including phenoxy) is 3. The predicted molar refractivity (Wildman–Crippen MR) is 142 cm³/mol. The first-order valence-corrected chi connectivity index (χ1v) is 12.9. The SMILES string of the molecule is C=CCOC(=O)Nc1cccc([C@@H]2O[C@H](CSc3ncccc3C(=O)O)C[C@H](c3ccc(CO)cc3)O2)c1. The molecule has 4 rings (SSSR count). The van der Waals surface area contributed by atoms with Crippen LogP contribution in [0.4, 0.5) is 10.5 Å². The second-order valence-electron chi connectivity index (χ2n) is 8.46. The highest BCUT2D eigenvalue weighted by atomic mass is 32.2. The van der Waals surface area contributed by atoms with Gasteiger partial charge in [-0.1, -0.05) is 49.1 Å². The number of amides is 1. The Morgan fingerprint density at radius 1 is 1.13 bits per heavy atom. The first kappa shape index (κ1) is 27.3. The van der Waals surface area contributed by atoms with Gasteiger partial charge < -0.3 is 24.4 Å². The predicted octanol–water partition coefficient (Wildman–Crippen LogP) is 5.34. The van der Waals surface area contributed by atoms with Crippen molar-refractivity contribution < 1.29 is 34.0 Å². The Hall–Kier alpha value is -3.70. The van der Waals surface area contributed by atoms with Gasteiger partial charge in [-0.15, -0.1) is 11.8 Å². The second-order valence-corrected chi connectivity index (χ2v) is 9.47. The number of aliphatic hydroxyl groups excluding tert-OH is 1. The van der Waals surface area contributed by atoms with Crippen molar-refractivity contribution in [3.8, 4) is 0 Å². The van der Waals surface area contributed by atoms with Crippen molar-refractivity contribution in [2.45, 2.75) is 36.6 Å². The van der Waals surface area contributed by atoms with Gasteiger partial charge in [0, 0.05) is 29.6 Å². The van der Waals surface area contributed by atoms with Crippen LogP contribution in [0.25, 0.3) is 0 Å². The van der Waals surface area contributed by atoms with E-state index in [0.29, 0.717) is 28.5 Å². The Morgan fingerprint density at radius 2 is 1.95 bits per heavy atom. The average Bonchev–Trinajstić information content (AvgIpc) is 2.95. The van der Waals surface area contributed by atoms with E-state index in [2.05, 4.69) is 16.9 Å². The van der Waals surface area contributed by atoms with Crippen molar-refractivity contribution >= 4 is 29.5 Å². The highest BCUT2D eigenvalue weighted by Gasteiger charge is 2.32. The molecule has 9 nitrogen and oxygen atoms in total. The van der Waals surface area contributed by atoms with Gasteiger partial charge in [-0.2, -0.15) is 0 Å². The topological polar surface area (TPSA) is 127 Å². The number of pyridine rings is 1. The highest BCUT2D eigenvalue weighted by Crippen LogP contribution is 2.40. The largest absolute Gasteiger partial charge is 0.478 e. The molecule has 38 heavy (non-hydrogen) atoms. The summed E-state index contributed by atoms with van der Waals surface area (Å²) in [6.07, 6.45) is 1.62. The van der Waals surface area contributed by atoms with Crippen LogP contribution in [-0.4, -0.2) is 45.7 Å². The van der Waals surface area contributed by atoms with E-state index in [1.807, 2.05) is 30.3 Å². The highest BCUT2D eigenvalue weighted by molar-refractivity contribution is 7.99. The fourth-order valence-electron chi connectivity index (χ4n) is 3.91. The van der Waals surface area contributed by atoms with Crippen molar-refractivity contribution in [3.05, 3.63) is 102 Å². The number of benzene rings is 2. The number of thioether (sulfide) groups is 1. The molecule has 1 aromatic heterocycles. The number of carboxylic acid groups (broad SMARTS) is 1. The maximum Gasteiger partial charge on any atom is 0.411 e. The van der Waals surface area contributed by atoms with Crippen LogP contribution in [0.5, 0.6) is 0 Å². The van der Waals surface area contributed by atoms with Gasteiger partial charge in [0.25, 0.3) is 0 Å². The van der Waals surface area contributed by atoms with Gasteiger partial charge in [0.15, 0.2) is 6.29 Å². The van der Waals surface area contributed by atoms with Gasteiger partial charge in [-0.3, -0.25) is 5.32 Å². The fourth-order valence-corrected chi connectivity index (χ4v) is 4.92. The number of aromatic nitrogens is 1. The van der Waals surface area contributed by atoms with Crippen LogP contribution >= 0.6 is 11.8 Å². The van der Waals surface area contributed by atoms with Crippen LogP contribution < -0.4 is 5.32 Å². The molecule has 1 amide bonds. The van der Waals surface area contributed by atoms with Gasteiger partial charge in [0.1, 0.15) is 11.6 Å². The number of rotatable bonds is 10. The van der Waals surface area contributed by atoms with Crippen LogP contribution in [0, 0.1) is 0 Å². The quantitative estimate of drug-likeness (QED) is 0.232. The number of hydrogen-bond acceptors (Lipinski definition) is 8. The summed E-state index contributed by atoms with van der Waals surface area (Å²) >= 11 is 1.31. The minimum atomic E-state index is -1.04. The van der Waals surface area contributed by atoms with Gasteiger partial charge in [-0.25, -0.2) is 14.6 Å². The molecule has 1 fully saturated rings. The lowest BCUT2D eigenvalue weighted by Gasteiger charge is -2.36. The third kappa shape index (κ3) is 7.20. The zero-order chi connectivity index (χ0) is 26.9. The van der Waals surface area contributed by atoms with Crippen LogP contribution in [0.1, 0.15) is 45.9 Å². The van der Waals surface area contributed by atoms with Crippen LogP contribution in [-0.2, 0) is 20.8 Å². The van der Waals surface area contributed by atoms with Gasteiger partial charge in [0.05, 0.1) is 24.4 Å². The first-order chi connectivity index (χ1) is 18.5. The van der Waals surface area contributed by atoms with E-state index in [1.165, 1.54) is 23.9 Å². The summed E-state index contributed by atoms with van der Waals surface area (Å²) in [6.45, 7) is 3.57. The Morgan fingerprint density at radius 3 is 2.68 bits per heavy atom. The number of aromatic carboxylic acids is 1. The molecule has 0 spiro atoms. The lowest BCUT2D eigenvalue weighted by atomic mass is 10.0. The molecule has 3 N–H and O–H groups in total. The van der Waals surface area contributed by atoms with Crippen molar-refractivity contribution in [2.75, 3.05) is 17.7 Å². The molecule has 198 valence electrons. The van der Waals surface area contributed by atoms with Crippen molar-refractivity contribution in [1.29, 1.82) is 0 Å². The standard InChI is InChI=1S/C28H28N2O7S/c1-2-13-35-28(34)30-21-6-3-5-20(14-21)27-36-22(17-38-25-23(26(32)33)7-4-12-29-25)15-24(37-27)19-10-8-18(16-31)9-11-19/h2-12,14,22,24,27,31H,1,13,15-17H2,(H,30,34)(H,32,33)/t22-,24+,27+/m0/s1. The summed E-state index contributed by atoms with van der Waals surface area (Å²) in [5, 5.41) is 22.0. The second kappa shape index (κ2) is 13.2. The molecule has 0 saturated carbocycles. The van der Waals surface area contributed by atoms with Crippen LogP contribution in [0.3, 0.4) is 0 Å². The van der Waals surface area contributed by atoms with Crippen molar-refractivity contribution in [3.63, 3.8) is 0 Å². The van der Waals surface area contributed by atoms with E-state index >= 15 is 0 Å². The number of nitrogens with one attached hydrogen (secondary N) is 1. The Bertz CT molecular complexity index is 1270. The first-order valence-electron chi connectivity index (χ1n) is 11.9. The fraction of sp³-hybridized carbons (Fsp3) is 0.250. The molecule has 1 saturated heterocycles. The molecule has 1 aliphatic rings. The molecule has 0 radical (unpaired) electrons. The molecule has 0 unspecified atom stereocenters. The summed E-state index contributed by atoms with van der Waals surface area (Å²) in [4.78, 5) is 27.8. The Labute approximate surface area is 224 Å². The third-order valence-electron chi connectivity index (χ3n) is 5.76. The smallest absolute Gasteiger partial charge is 0.411 e. The molecular weight excluding hydrogens is 508 g/mol. The van der Waals surface area contributed by atoms with E-state index in [9.17, 15) is 19.8 Å². The summed E-state index contributed by atoms with van der Waals surface area (Å²) in [6, 6.07) is 17.7. The molecular formula is C28H28N2O7S. The normalized spacial score (nSPS) is 18.9. The molecule has 2 aromatic carbocycles. The van der Waals surface area contributed by atoms with Gasteiger partial charge in [-0.05, 0) is 35.4 Å². The number of carboxylic acids is 1. The molecule has 0 aliphatic carbocycles. The summed E-state index contributed by atoms with van der Waals surface area (Å²) in [5.74, 6) is -0.585. The maximum absolute atomic E-state index is 12.0. The van der Waals surface area contributed by atoms with E-state index in [-0.39, 0.29) is 31.0 Å². The Balaban J connectivity index is 1.54. The number of anilines is 1. The molecule has 3 atom stereocenters. The van der Waals surface area contributed by atoms with E-state index < -0.39 is 18.4 Å². The minimum Gasteiger partial charge on any atom is -0.478 e. The maximum atomic E-state index is 12.0. The lowest BCUT2D eigenvalue weighted by Crippen LogP contribution is -2.31. The third-order valence-corrected chi connectivity index (χ3v) is 6.90. The Kier molecular flexibility index (Phi) is 9.50. The summed E-state index contributed by atoms with van der Waals surface area (Å²) in [5.41, 5.74) is 3.07. The number of carbonyl (C=O) groups is 2. The number of nitrogens with zero attached hydrogens (tertiary/aromatic N) is 1. The molecule has 10 heteroatoms. The van der Waals surface area contributed by atoms with Crippen LogP contribution in [0.15, 0.2) is 84.5 Å². The zero-order valence-corrected chi connectivity index (χ0v) is 21.3. The molecule has 1 aliphatic heterocycles. The molecule has 3 aromatic rings. The van der Waals surface area contributed by atoms with E-state index in [1.54, 1.807) is 30.5 Å². The van der Waals surface area contributed by atoms with Crippen LogP contribution in [0.2, 0.25) is 0 Å². The van der Waals surface area contributed by atoms with Gasteiger partial charge in [0.2, 0.25) is 0 Å². The number of hydrogen-bond donors (Lipinski definition) is 3. The lowest BCUT2D eigenvalue weighted by molar-refractivity contribution is -0.245. The van der Waals surface area contributed by atoms with E-state index in [4.69, 9.17) is 14.2 Å². The minimum absolute atomic E-state index is 0.0538. The molecule has 0 bridgehead atoms. The average molecular weight is 537 g/mol. The zero-order valence-electron chi connectivity index (χ0n) is 20.5. The number of carbonyl (C=O) groups excluding carboxylic acids is 1. The van der Waals surface area contributed by atoms with Crippen molar-refractivity contribution in [1.82, 2.24) is 4.98 Å². The summed E-state index contributed by atoms with van der Waals surface area (Å²) < 4.78 is 17.6. The monoisotopic (exact) mass is 536 g/mol. The number of aliphatic hydroxyl groups is 1. The molecule has 2 heterocycles.